The number of nitrogens with zero attached hydrogens (tertiary/aromatic N) is 1. The highest BCUT2D eigenvalue weighted by molar-refractivity contribution is 6.30. The molecule has 0 unspecified atom stereocenters. The Labute approximate surface area is 118 Å². The van der Waals surface area contributed by atoms with E-state index in [4.69, 9.17) is 22.7 Å². The van der Waals surface area contributed by atoms with Crippen molar-refractivity contribution >= 4 is 23.1 Å². The van der Waals surface area contributed by atoms with Gasteiger partial charge in [-0.1, -0.05) is 23.7 Å². The molecule has 0 saturated heterocycles. The Bertz CT molecular complexity index is 561. The summed E-state index contributed by atoms with van der Waals surface area (Å²) >= 11 is 5.85. The first-order chi connectivity index (χ1) is 9.06. The number of anilines is 1. The highest BCUT2D eigenvalue weighted by Gasteiger charge is 2.07. The topological polar surface area (TPSA) is 53.1 Å². The van der Waals surface area contributed by atoms with E-state index >= 15 is 0 Å². The van der Waals surface area contributed by atoms with Crippen LogP contribution in [-0.2, 0) is 6.54 Å². The molecule has 0 aliphatic rings. The minimum Gasteiger partial charge on any atom is -0.399 e. The second-order valence-electron chi connectivity index (χ2n) is 4.45. The highest BCUT2D eigenvalue weighted by atomic mass is 35.5. The maximum Gasteiger partial charge on any atom is 0.128 e. The SMILES string of the molecule is CN(Cc1ccc(Cl)cc1)C(=N)c1ccc(N)cc1. The molecular formula is C15H16ClN3. The molecule has 0 aliphatic heterocycles. The monoisotopic (exact) mass is 273 g/mol. The number of nitrogens with two attached hydrogens (primary N) is 1. The van der Waals surface area contributed by atoms with E-state index < -0.39 is 0 Å². The first kappa shape index (κ1) is 13.4. The average Bonchev–Trinajstić information content (AvgIpc) is 2.41. The third-order valence-corrected chi connectivity index (χ3v) is 3.15. The van der Waals surface area contributed by atoms with Crippen LogP contribution >= 0.6 is 11.6 Å². The fraction of sp³-hybridized carbons (Fsp3) is 0.133. The second kappa shape index (κ2) is 5.76. The lowest BCUT2D eigenvalue weighted by molar-refractivity contribution is 0.498. The van der Waals surface area contributed by atoms with E-state index in [1.54, 1.807) is 12.1 Å². The van der Waals surface area contributed by atoms with Crippen LogP contribution in [0.5, 0.6) is 0 Å². The van der Waals surface area contributed by atoms with Gasteiger partial charge in [0.2, 0.25) is 0 Å². The molecule has 2 aromatic rings. The lowest BCUT2D eigenvalue weighted by Gasteiger charge is -2.20. The van der Waals surface area contributed by atoms with E-state index in [0.29, 0.717) is 18.1 Å². The summed E-state index contributed by atoms with van der Waals surface area (Å²) in [4.78, 5) is 1.88. The Hall–Kier alpha value is -2.00. The second-order valence-corrected chi connectivity index (χ2v) is 4.89. The van der Waals surface area contributed by atoms with Crippen molar-refractivity contribution in [3.8, 4) is 0 Å². The van der Waals surface area contributed by atoms with Crippen LogP contribution in [0.4, 0.5) is 5.69 Å². The van der Waals surface area contributed by atoms with Gasteiger partial charge >= 0.3 is 0 Å². The van der Waals surface area contributed by atoms with Crippen LogP contribution in [-0.4, -0.2) is 17.8 Å². The molecule has 0 heterocycles. The van der Waals surface area contributed by atoms with Gasteiger partial charge in [-0.25, -0.2) is 0 Å². The summed E-state index contributed by atoms with van der Waals surface area (Å²) in [5.74, 6) is 0.468. The molecule has 3 nitrogen and oxygen atoms in total. The van der Waals surface area contributed by atoms with Crippen molar-refractivity contribution in [2.24, 2.45) is 0 Å². The zero-order valence-corrected chi connectivity index (χ0v) is 11.5. The summed E-state index contributed by atoms with van der Waals surface area (Å²) in [5.41, 5.74) is 8.32. The highest BCUT2D eigenvalue weighted by Crippen LogP contribution is 2.13. The number of amidine groups is 1. The van der Waals surface area contributed by atoms with Crippen LogP contribution in [0.3, 0.4) is 0 Å². The van der Waals surface area contributed by atoms with Crippen LogP contribution in [0.1, 0.15) is 11.1 Å². The smallest absolute Gasteiger partial charge is 0.128 e. The van der Waals surface area contributed by atoms with Gasteiger partial charge in [-0.05, 0) is 42.0 Å². The first-order valence-corrected chi connectivity index (χ1v) is 6.34. The number of nitrogen functional groups attached to an aromatic ring is 1. The third kappa shape index (κ3) is 3.48. The number of benzene rings is 2. The average molecular weight is 274 g/mol. The zero-order chi connectivity index (χ0) is 13.8. The minimum atomic E-state index is 0.468. The van der Waals surface area contributed by atoms with Crippen LogP contribution < -0.4 is 5.73 Å². The Morgan fingerprint density at radius 3 is 2.26 bits per heavy atom. The van der Waals surface area contributed by atoms with Crippen LogP contribution in [0.2, 0.25) is 5.02 Å². The predicted octanol–water partition coefficient (Wildman–Crippen LogP) is 3.38. The number of nitrogens with one attached hydrogen (secondary N) is 1. The zero-order valence-electron chi connectivity index (χ0n) is 10.7. The van der Waals surface area contributed by atoms with Gasteiger partial charge in [0.1, 0.15) is 5.84 Å². The number of halogens is 1. The summed E-state index contributed by atoms with van der Waals surface area (Å²) in [6, 6.07) is 15.0. The number of hydrogen-bond donors (Lipinski definition) is 2. The molecule has 3 N–H and O–H groups in total. The summed E-state index contributed by atoms with van der Waals surface area (Å²) in [6.45, 7) is 0.667. The molecular weight excluding hydrogens is 258 g/mol. The van der Waals surface area contributed by atoms with Gasteiger partial charge in [-0.2, -0.15) is 0 Å². The van der Waals surface area contributed by atoms with E-state index in [0.717, 1.165) is 16.1 Å². The molecule has 0 spiro atoms. The fourth-order valence-corrected chi connectivity index (χ4v) is 1.93. The van der Waals surface area contributed by atoms with Crippen LogP contribution in [0.25, 0.3) is 0 Å². The van der Waals surface area contributed by atoms with Gasteiger partial charge in [0.05, 0.1) is 0 Å². The van der Waals surface area contributed by atoms with E-state index in [1.165, 1.54) is 0 Å². The molecule has 0 aromatic heterocycles. The van der Waals surface area contributed by atoms with Gasteiger partial charge in [-0.3, -0.25) is 5.41 Å². The summed E-state index contributed by atoms with van der Waals surface area (Å²) in [6.07, 6.45) is 0. The molecule has 0 fully saturated rings. The molecule has 4 heteroatoms. The van der Waals surface area contributed by atoms with Gasteiger partial charge in [0, 0.05) is 29.9 Å². The molecule has 0 atom stereocenters. The van der Waals surface area contributed by atoms with E-state index in [2.05, 4.69) is 0 Å². The molecule has 19 heavy (non-hydrogen) atoms. The molecule has 0 bridgehead atoms. The van der Waals surface area contributed by atoms with Crippen molar-refractivity contribution in [2.45, 2.75) is 6.54 Å². The van der Waals surface area contributed by atoms with Crippen molar-refractivity contribution in [1.29, 1.82) is 5.41 Å². The van der Waals surface area contributed by atoms with Crippen molar-refractivity contribution < 1.29 is 0 Å². The Balaban J connectivity index is 2.07. The Kier molecular flexibility index (Phi) is 4.07. The number of hydrogen-bond acceptors (Lipinski definition) is 2. The summed E-state index contributed by atoms with van der Waals surface area (Å²) < 4.78 is 0. The largest absolute Gasteiger partial charge is 0.399 e. The molecule has 0 saturated carbocycles. The lowest BCUT2D eigenvalue weighted by atomic mass is 10.1. The van der Waals surface area contributed by atoms with Gasteiger partial charge in [0.15, 0.2) is 0 Å². The molecule has 0 radical (unpaired) electrons. The fourth-order valence-electron chi connectivity index (χ4n) is 1.80. The van der Waals surface area contributed by atoms with Gasteiger partial charge in [-0.15, -0.1) is 0 Å². The normalized spacial score (nSPS) is 10.2. The predicted molar refractivity (Wildman–Crippen MR) is 80.6 cm³/mol. The van der Waals surface area contributed by atoms with E-state index in [9.17, 15) is 0 Å². The van der Waals surface area contributed by atoms with Gasteiger partial charge < -0.3 is 10.6 Å². The first-order valence-electron chi connectivity index (χ1n) is 5.96. The standard InChI is InChI=1S/C15H16ClN3/c1-19(10-11-2-6-13(16)7-3-11)15(18)12-4-8-14(17)9-5-12/h2-9,18H,10,17H2,1H3. The molecule has 2 rings (SSSR count). The lowest BCUT2D eigenvalue weighted by Crippen LogP contribution is -2.26. The Morgan fingerprint density at radius 1 is 1.11 bits per heavy atom. The quantitative estimate of drug-likeness (QED) is 0.512. The van der Waals surface area contributed by atoms with E-state index in [-0.39, 0.29) is 0 Å². The third-order valence-electron chi connectivity index (χ3n) is 2.90. The maximum absolute atomic E-state index is 8.16. The van der Waals surface area contributed by atoms with Gasteiger partial charge in [0.25, 0.3) is 0 Å². The molecule has 98 valence electrons. The van der Waals surface area contributed by atoms with Crippen LogP contribution in [0.15, 0.2) is 48.5 Å². The van der Waals surface area contributed by atoms with Crippen molar-refractivity contribution in [1.82, 2.24) is 4.90 Å². The van der Waals surface area contributed by atoms with Crippen molar-refractivity contribution in [3.63, 3.8) is 0 Å². The molecule has 0 aliphatic carbocycles. The summed E-state index contributed by atoms with van der Waals surface area (Å²) in [7, 11) is 1.90. The Morgan fingerprint density at radius 2 is 1.68 bits per heavy atom. The maximum atomic E-state index is 8.16. The number of rotatable bonds is 3. The molecule has 0 amide bonds. The van der Waals surface area contributed by atoms with E-state index in [1.807, 2.05) is 48.3 Å². The van der Waals surface area contributed by atoms with Crippen LogP contribution in [0, 0.1) is 5.41 Å². The summed E-state index contributed by atoms with van der Waals surface area (Å²) in [5, 5.41) is 8.88. The van der Waals surface area contributed by atoms with Crippen molar-refractivity contribution in [3.05, 3.63) is 64.7 Å². The molecule has 2 aromatic carbocycles. The van der Waals surface area contributed by atoms with Crippen molar-refractivity contribution in [2.75, 3.05) is 12.8 Å². The minimum absolute atomic E-state index is 0.468.